The number of carbonyl (C=O) groups excluding carboxylic acids is 1. The molecule has 0 aromatic rings. The van der Waals surface area contributed by atoms with Crippen molar-refractivity contribution >= 4 is 17.7 Å². The summed E-state index contributed by atoms with van der Waals surface area (Å²) in [6.07, 6.45) is 5.34. The fraction of sp³-hybridized carbons (Fsp3) is 0.625. The number of ether oxygens (including phenoxy) is 1. The van der Waals surface area contributed by atoms with Gasteiger partial charge in [-0.05, 0) is 18.1 Å². The Hall–Kier alpha value is -0.440. The van der Waals surface area contributed by atoms with Crippen LogP contribution in [0.5, 0.6) is 0 Å². The summed E-state index contributed by atoms with van der Waals surface area (Å²) in [5.41, 5.74) is 0. The lowest BCUT2D eigenvalue weighted by Crippen LogP contribution is -2.01. The van der Waals surface area contributed by atoms with Crippen LogP contribution < -0.4 is 0 Å². The summed E-state index contributed by atoms with van der Waals surface area (Å²) in [4.78, 5) is 10.8. The summed E-state index contributed by atoms with van der Waals surface area (Å²) < 4.78 is 4.85. The van der Waals surface area contributed by atoms with Crippen molar-refractivity contribution < 1.29 is 9.53 Å². The topological polar surface area (TPSA) is 26.3 Å². The van der Waals surface area contributed by atoms with Gasteiger partial charge in [-0.25, -0.2) is 4.79 Å². The highest BCUT2D eigenvalue weighted by Gasteiger charge is 1.93. The molecule has 64 valence electrons. The second-order valence-electron chi connectivity index (χ2n) is 2.06. The molecule has 0 fully saturated rings. The minimum atomic E-state index is -0.243. The van der Waals surface area contributed by atoms with E-state index in [1.165, 1.54) is 17.8 Å². The Balaban J connectivity index is 3.30. The van der Waals surface area contributed by atoms with Crippen LogP contribution in [-0.4, -0.2) is 18.8 Å². The highest BCUT2D eigenvalue weighted by molar-refractivity contribution is 8.01. The van der Waals surface area contributed by atoms with Gasteiger partial charge in [-0.1, -0.05) is 13.3 Å². The van der Waals surface area contributed by atoms with Crippen molar-refractivity contribution in [3.05, 3.63) is 11.5 Å². The van der Waals surface area contributed by atoms with E-state index in [4.69, 9.17) is 4.74 Å². The Bertz CT molecular complexity index is 132. The predicted octanol–water partition coefficient (Wildman–Crippen LogP) is 2.21. The molecule has 3 heteroatoms. The Morgan fingerprint density at radius 1 is 1.64 bits per heavy atom. The van der Waals surface area contributed by atoms with Crippen molar-refractivity contribution in [1.82, 2.24) is 0 Å². The van der Waals surface area contributed by atoms with Crippen LogP contribution in [0.4, 0.5) is 0 Å². The number of hydrogen-bond acceptors (Lipinski definition) is 3. The molecule has 2 nitrogen and oxygen atoms in total. The second-order valence-corrected chi connectivity index (χ2v) is 2.80. The Labute approximate surface area is 72.0 Å². The standard InChI is InChI=1S/C8H14O2S/c1-3-4-6-10-8(9)5-7-11-2/h5,7H,3-4,6H2,1-2H3/b7-5+. The van der Waals surface area contributed by atoms with Crippen molar-refractivity contribution in [1.29, 1.82) is 0 Å². The summed E-state index contributed by atoms with van der Waals surface area (Å²) in [7, 11) is 0. The maximum atomic E-state index is 10.8. The molecule has 0 N–H and O–H groups in total. The van der Waals surface area contributed by atoms with Crippen LogP contribution in [0.3, 0.4) is 0 Å². The van der Waals surface area contributed by atoms with E-state index in [1.807, 2.05) is 6.26 Å². The first-order valence-electron chi connectivity index (χ1n) is 3.67. The third-order valence-electron chi connectivity index (χ3n) is 1.08. The van der Waals surface area contributed by atoms with Crippen LogP contribution in [-0.2, 0) is 9.53 Å². The molecular weight excluding hydrogens is 160 g/mol. The molecule has 0 unspecified atom stereocenters. The van der Waals surface area contributed by atoms with E-state index in [2.05, 4.69) is 6.92 Å². The SMILES string of the molecule is CCCCOC(=O)/C=C/SC. The number of carbonyl (C=O) groups is 1. The number of esters is 1. The molecule has 0 aliphatic carbocycles. The molecule has 0 saturated heterocycles. The van der Waals surface area contributed by atoms with Crippen molar-refractivity contribution in [2.75, 3.05) is 12.9 Å². The summed E-state index contributed by atoms with van der Waals surface area (Å²) >= 11 is 1.49. The fourth-order valence-corrected chi connectivity index (χ4v) is 0.736. The molecule has 0 radical (unpaired) electrons. The molecule has 0 aliphatic heterocycles. The van der Waals surface area contributed by atoms with Crippen molar-refractivity contribution in [2.45, 2.75) is 19.8 Å². The first kappa shape index (κ1) is 10.6. The zero-order chi connectivity index (χ0) is 8.53. The van der Waals surface area contributed by atoms with Gasteiger partial charge < -0.3 is 4.74 Å². The van der Waals surface area contributed by atoms with E-state index in [-0.39, 0.29) is 5.97 Å². The molecule has 0 atom stereocenters. The summed E-state index contributed by atoms with van der Waals surface area (Å²) in [5, 5.41) is 1.72. The highest BCUT2D eigenvalue weighted by atomic mass is 32.2. The van der Waals surface area contributed by atoms with Gasteiger partial charge in [0, 0.05) is 6.08 Å². The van der Waals surface area contributed by atoms with Crippen molar-refractivity contribution in [3.8, 4) is 0 Å². The lowest BCUT2D eigenvalue weighted by molar-refractivity contribution is -0.137. The third kappa shape index (κ3) is 7.46. The lowest BCUT2D eigenvalue weighted by Gasteiger charge is -1.97. The van der Waals surface area contributed by atoms with Crippen LogP contribution >= 0.6 is 11.8 Å². The van der Waals surface area contributed by atoms with Gasteiger partial charge in [-0.3, -0.25) is 0 Å². The second kappa shape index (κ2) is 7.66. The smallest absolute Gasteiger partial charge is 0.331 e. The maximum absolute atomic E-state index is 10.8. The minimum Gasteiger partial charge on any atom is -0.463 e. The van der Waals surface area contributed by atoms with Gasteiger partial charge in [0.1, 0.15) is 0 Å². The van der Waals surface area contributed by atoms with Gasteiger partial charge in [-0.2, -0.15) is 0 Å². The Morgan fingerprint density at radius 2 is 2.36 bits per heavy atom. The predicted molar refractivity (Wildman–Crippen MR) is 48.5 cm³/mol. The first-order valence-corrected chi connectivity index (χ1v) is 4.96. The molecule has 0 saturated carbocycles. The maximum Gasteiger partial charge on any atom is 0.331 e. The van der Waals surface area contributed by atoms with Gasteiger partial charge in [-0.15, -0.1) is 11.8 Å². The third-order valence-corrected chi connectivity index (χ3v) is 1.49. The van der Waals surface area contributed by atoms with Gasteiger partial charge >= 0.3 is 5.97 Å². The average molecular weight is 174 g/mol. The molecule has 0 heterocycles. The molecule has 0 aromatic heterocycles. The largest absolute Gasteiger partial charge is 0.463 e. The lowest BCUT2D eigenvalue weighted by atomic mass is 10.4. The monoisotopic (exact) mass is 174 g/mol. The van der Waals surface area contributed by atoms with E-state index in [1.54, 1.807) is 5.41 Å². The molecule has 0 rings (SSSR count). The molecular formula is C8H14O2S. The van der Waals surface area contributed by atoms with Crippen LogP contribution in [0.15, 0.2) is 11.5 Å². The summed E-state index contributed by atoms with van der Waals surface area (Å²) in [6, 6.07) is 0. The van der Waals surface area contributed by atoms with Crippen molar-refractivity contribution in [2.24, 2.45) is 0 Å². The van der Waals surface area contributed by atoms with Gasteiger partial charge in [0.2, 0.25) is 0 Å². The quantitative estimate of drug-likeness (QED) is 0.363. The van der Waals surface area contributed by atoms with E-state index in [9.17, 15) is 4.79 Å². The van der Waals surface area contributed by atoms with Crippen LogP contribution in [0, 0.1) is 0 Å². The van der Waals surface area contributed by atoms with E-state index in [0.717, 1.165) is 12.8 Å². The van der Waals surface area contributed by atoms with E-state index >= 15 is 0 Å². The van der Waals surface area contributed by atoms with Crippen LogP contribution in [0.1, 0.15) is 19.8 Å². The van der Waals surface area contributed by atoms with Crippen molar-refractivity contribution in [3.63, 3.8) is 0 Å². The van der Waals surface area contributed by atoms with Crippen LogP contribution in [0.2, 0.25) is 0 Å². The normalized spacial score (nSPS) is 10.4. The fourth-order valence-electron chi connectivity index (χ4n) is 0.489. The first-order chi connectivity index (χ1) is 5.31. The molecule has 11 heavy (non-hydrogen) atoms. The minimum absolute atomic E-state index is 0.243. The summed E-state index contributed by atoms with van der Waals surface area (Å²) in [5.74, 6) is -0.243. The zero-order valence-electron chi connectivity index (χ0n) is 7.00. The molecule has 0 amide bonds. The van der Waals surface area contributed by atoms with Gasteiger partial charge in [0.15, 0.2) is 0 Å². The van der Waals surface area contributed by atoms with E-state index in [0.29, 0.717) is 6.61 Å². The molecule has 0 spiro atoms. The average Bonchev–Trinajstić information content (AvgIpc) is 2.01. The number of hydrogen-bond donors (Lipinski definition) is 0. The molecule has 0 aromatic carbocycles. The van der Waals surface area contributed by atoms with Crippen LogP contribution in [0.25, 0.3) is 0 Å². The van der Waals surface area contributed by atoms with Gasteiger partial charge in [0.05, 0.1) is 6.61 Å². The van der Waals surface area contributed by atoms with E-state index < -0.39 is 0 Å². The van der Waals surface area contributed by atoms with Gasteiger partial charge in [0.25, 0.3) is 0 Å². The number of unbranched alkanes of at least 4 members (excludes halogenated alkanes) is 1. The Morgan fingerprint density at radius 3 is 2.91 bits per heavy atom. The highest BCUT2D eigenvalue weighted by Crippen LogP contribution is 1.95. The molecule has 0 aliphatic rings. The number of rotatable bonds is 5. The number of thioether (sulfide) groups is 1. The Kier molecular flexibility index (Phi) is 7.36. The zero-order valence-corrected chi connectivity index (χ0v) is 7.82. The summed E-state index contributed by atoms with van der Waals surface area (Å²) in [6.45, 7) is 2.60. The molecule has 0 bridgehead atoms.